The average molecular weight is 159 g/mol. The molecular formula is C7H13NO3. The fourth-order valence-electron chi connectivity index (χ4n) is 0.294. The van der Waals surface area contributed by atoms with Crippen LogP contribution in [0, 0.1) is 5.41 Å². The number of aldehydes is 1. The molecule has 0 aliphatic heterocycles. The van der Waals surface area contributed by atoms with Crippen molar-refractivity contribution in [3.8, 4) is 0 Å². The molecule has 0 bridgehead atoms. The third kappa shape index (κ3) is 4.50. The molecule has 0 atom stereocenters. The SMILES string of the molecule is CC(C)(C)C(=O)ONCC=O. The van der Waals surface area contributed by atoms with Gasteiger partial charge in [-0.25, -0.2) is 4.79 Å². The van der Waals surface area contributed by atoms with Gasteiger partial charge in [0.1, 0.15) is 6.29 Å². The van der Waals surface area contributed by atoms with E-state index in [1.54, 1.807) is 20.8 Å². The van der Waals surface area contributed by atoms with Crippen LogP contribution in [0.25, 0.3) is 0 Å². The number of carbonyl (C=O) groups is 2. The van der Waals surface area contributed by atoms with Crippen LogP contribution >= 0.6 is 0 Å². The Labute approximate surface area is 65.9 Å². The zero-order chi connectivity index (χ0) is 8.91. The first-order chi connectivity index (χ1) is 4.98. The first kappa shape index (κ1) is 10.1. The Morgan fingerprint density at radius 1 is 1.55 bits per heavy atom. The van der Waals surface area contributed by atoms with E-state index in [2.05, 4.69) is 10.3 Å². The van der Waals surface area contributed by atoms with E-state index in [1.807, 2.05) is 0 Å². The smallest absolute Gasteiger partial charge is 0.329 e. The highest BCUT2D eigenvalue weighted by atomic mass is 16.7. The zero-order valence-corrected chi connectivity index (χ0v) is 7.01. The molecule has 0 aromatic heterocycles. The van der Waals surface area contributed by atoms with Crippen LogP contribution in [0.3, 0.4) is 0 Å². The molecule has 4 heteroatoms. The molecule has 0 saturated heterocycles. The van der Waals surface area contributed by atoms with Gasteiger partial charge >= 0.3 is 5.97 Å². The van der Waals surface area contributed by atoms with Gasteiger partial charge < -0.3 is 9.63 Å². The summed E-state index contributed by atoms with van der Waals surface area (Å²) in [6.07, 6.45) is 0.621. The Balaban J connectivity index is 3.62. The highest BCUT2D eigenvalue weighted by molar-refractivity contribution is 5.75. The van der Waals surface area contributed by atoms with Crippen molar-refractivity contribution in [2.24, 2.45) is 5.41 Å². The lowest BCUT2D eigenvalue weighted by molar-refractivity contribution is -0.160. The monoisotopic (exact) mass is 159 g/mol. The number of carbonyl (C=O) groups excluding carboxylic acids is 2. The van der Waals surface area contributed by atoms with Crippen molar-refractivity contribution in [2.75, 3.05) is 6.54 Å². The number of hydrogen-bond donors (Lipinski definition) is 1. The van der Waals surface area contributed by atoms with E-state index in [0.717, 1.165) is 0 Å². The fraction of sp³-hybridized carbons (Fsp3) is 0.714. The highest BCUT2D eigenvalue weighted by Gasteiger charge is 2.22. The van der Waals surface area contributed by atoms with Crippen molar-refractivity contribution in [1.29, 1.82) is 0 Å². The quantitative estimate of drug-likeness (QED) is 0.365. The first-order valence-corrected chi connectivity index (χ1v) is 3.36. The van der Waals surface area contributed by atoms with Crippen LogP contribution in [0.15, 0.2) is 0 Å². The van der Waals surface area contributed by atoms with E-state index in [4.69, 9.17) is 0 Å². The van der Waals surface area contributed by atoms with Crippen LogP contribution in [0.1, 0.15) is 20.8 Å². The van der Waals surface area contributed by atoms with E-state index in [0.29, 0.717) is 6.29 Å². The number of hydroxylamine groups is 1. The van der Waals surface area contributed by atoms with E-state index < -0.39 is 5.41 Å². The maximum atomic E-state index is 10.9. The van der Waals surface area contributed by atoms with Crippen LogP contribution in [-0.2, 0) is 14.4 Å². The molecule has 0 saturated carbocycles. The maximum absolute atomic E-state index is 10.9. The van der Waals surface area contributed by atoms with Crippen LogP contribution < -0.4 is 5.48 Å². The summed E-state index contributed by atoms with van der Waals surface area (Å²) in [5.74, 6) is -0.376. The van der Waals surface area contributed by atoms with E-state index in [-0.39, 0.29) is 12.5 Å². The van der Waals surface area contributed by atoms with Gasteiger partial charge in [0.15, 0.2) is 0 Å². The number of rotatable bonds is 3. The Morgan fingerprint density at radius 3 is 2.45 bits per heavy atom. The summed E-state index contributed by atoms with van der Waals surface area (Å²) in [6.45, 7) is 5.23. The van der Waals surface area contributed by atoms with Gasteiger partial charge in [-0.3, -0.25) is 0 Å². The van der Waals surface area contributed by atoms with Crippen molar-refractivity contribution in [1.82, 2.24) is 5.48 Å². The largest absolute Gasteiger partial charge is 0.370 e. The average Bonchev–Trinajstić information content (AvgIpc) is 1.86. The lowest BCUT2D eigenvalue weighted by atomic mass is 9.98. The van der Waals surface area contributed by atoms with Crippen LogP contribution in [0.2, 0.25) is 0 Å². The maximum Gasteiger partial charge on any atom is 0.329 e. The molecule has 0 unspecified atom stereocenters. The minimum absolute atomic E-state index is 0.0296. The van der Waals surface area contributed by atoms with Crippen LogP contribution in [0.4, 0.5) is 0 Å². The van der Waals surface area contributed by atoms with Crippen molar-refractivity contribution >= 4 is 12.3 Å². The summed E-state index contributed by atoms with van der Waals surface area (Å²) in [4.78, 5) is 25.2. The molecule has 0 aromatic rings. The fourth-order valence-corrected chi connectivity index (χ4v) is 0.294. The molecule has 0 aromatic carbocycles. The molecule has 0 fully saturated rings. The zero-order valence-electron chi connectivity index (χ0n) is 7.01. The number of hydrogen-bond acceptors (Lipinski definition) is 4. The number of nitrogens with one attached hydrogen (secondary N) is 1. The van der Waals surface area contributed by atoms with E-state index in [9.17, 15) is 9.59 Å². The predicted molar refractivity (Wildman–Crippen MR) is 39.6 cm³/mol. The molecule has 0 aliphatic carbocycles. The summed E-state index contributed by atoms with van der Waals surface area (Å²) in [5, 5.41) is 0. The molecule has 0 rings (SSSR count). The van der Waals surface area contributed by atoms with Crippen molar-refractivity contribution < 1.29 is 14.4 Å². The van der Waals surface area contributed by atoms with Gasteiger partial charge in [0, 0.05) is 0 Å². The summed E-state index contributed by atoms with van der Waals surface area (Å²) >= 11 is 0. The molecule has 64 valence electrons. The summed E-state index contributed by atoms with van der Waals surface area (Å²) < 4.78 is 0. The summed E-state index contributed by atoms with van der Waals surface area (Å²) in [5.41, 5.74) is 1.69. The third-order valence-electron chi connectivity index (χ3n) is 0.944. The van der Waals surface area contributed by atoms with Crippen LogP contribution in [-0.4, -0.2) is 18.8 Å². The molecule has 0 aliphatic rings. The first-order valence-electron chi connectivity index (χ1n) is 3.36. The molecule has 0 radical (unpaired) electrons. The van der Waals surface area contributed by atoms with Gasteiger partial charge in [0.25, 0.3) is 0 Å². The minimum Gasteiger partial charge on any atom is -0.370 e. The summed E-state index contributed by atoms with van der Waals surface area (Å²) in [6, 6.07) is 0. The second-order valence-electron chi connectivity index (χ2n) is 3.15. The second-order valence-corrected chi connectivity index (χ2v) is 3.15. The van der Waals surface area contributed by atoms with E-state index in [1.165, 1.54) is 0 Å². The molecule has 0 amide bonds. The highest BCUT2D eigenvalue weighted by Crippen LogP contribution is 2.13. The van der Waals surface area contributed by atoms with Crippen molar-refractivity contribution in [3.05, 3.63) is 0 Å². The normalized spacial score (nSPS) is 10.8. The molecule has 4 nitrogen and oxygen atoms in total. The standard InChI is InChI=1S/C7H13NO3/c1-7(2,3)6(10)11-8-4-5-9/h5,8H,4H2,1-3H3. The second kappa shape index (κ2) is 4.08. The summed E-state index contributed by atoms with van der Waals surface area (Å²) in [7, 11) is 0. The van der Waals surface area contributed by atoms with Gasteiger partial charge in [-0.15, -0.1) is 5.48 Å². The van der Waals surface area contributed by atoms with Crippen molar-refractivity contribution in [3.63, 3.8) is 0 Å². The Hall–Kier alpha value is -0.900. The van der Waals surface area contributed by atoms with Crippen LogP contribution in [0.5, 0.6) is 0 Å². The van der Waals surface area contributed by atoms with Gasteiger partial charge in [0.05, 0.1) is 12.0 Å². The Morgan fingerprint density at radius 2 is 2.09 bits per heavy atom. The molecule has 0 spiro atoms. The minimum atomic E-state index is -0.532. The lowest BCUT2D eigenvalue weighted by Gasteiger charge is -2.15. The van der Waals surface area contributed by atoms with Crippen molar-refractivity contribution in [2.45, 2.75) is 20.8 Å². The molecule has 0 heterocycles. The third-order valence-corrected chi connectivity index (χ3v) is 0.944. The predicted octanol–water partition coefficient (Wildman–Crippen LogP) is 0.279. The Kier molecular flexibility index (Phi) is 3.74. The van der Waals surface area contributed by atoms with Gasteiger partial charge in [0.2, 0.25) is 0 Å². The molecular weight excluding hydrogens is 146 g/mol. The Bertz CT molecular complexity index is 148. The topological polar surface area (TPSA) is 55.4 Å². The van der Waals surface area contributed by atoms with E-state index >= 15 is 0 Å². The lowest BCUT2D eigenvalue weighted by Crippen LogP contribution is -2.30. The van der Waals surface area contributed by atoms with Gasteiger partial charge in [-0.2, -0.15) is 0 Å². The van der Waals surface area contributed by atoms with Gasteiger partial charge in [-0.05, 0) is 20.8 Å². The molecule has 1 N–H and O–H groups in total. The van der Waals surface area contributed by atoms with Gasteiger partial charge in [-0.1, -0.05) is 0 Å². The molecule has 11 heavy (non-hydrogen) atoms.